The van der Waals surface area contributed by atoms with E-state index in [1.54, 1.807) is 4.90 Å². The summed E-state index contributed by atoms with van der Waals surface area (Å²) in [5.41, 5.74) is 5.96. The van der Waals surface area contributed by atoms with Gasteiger partial charge in [-0.1, -0.05) is 0 Å². The number of hydrogen-bond acceptors (Lipinski definition) is 6. The predicted molar refractivity (Wildman–Crippen MR) is 64.6 cm³/mol. The number of anilines is 2. The summed E-state index contributed by atoms with van der Waals surface area (Å²) in [6, 6.07) is 1.10. The summed E-state index contributed by atoms with van der Waals surface area (Å²) >= 11 is 0. The maximum atomic E-state index is 11.0. The van der Waals surface area contributed by atoms with E-state index in [4.69, 9.17) is 15.6 Å². The van der Waals surface area contributed by atoms with Gasteiger partial charge in [0.05, 0.1) is 37.1 Å². The van der Waals surface area contributed by atoms with Crippen LogP contribution in [0.4, 0.5) is 11.5 Å². The van der Waals surface area contributed by atoms with E-state index in [2.05, 4.69) is 4.98 Å². The number of nitrogens with two attached hydrogens (primary N) is 1. The molecular formula is C11H15N3O4. The van der Waals surface area contributed by atoms with Crippen molar-refractivity contribution in [2.75, 3.05) is 37.0 Å². The molecule has 18 heavy (non-hydrogen) atoms. The second-order valence-electron chi connectivity index (χ2n) is 4.01. The number of carboxylic acids is 1. The topological polar surface area (TPSA) is 109 Å². The third kappa shape index (κ3) is 2.22. The molecule has 2 rings (SSSR count). The van der Waals surface area contributed by atoms with Crippen LogP contribution in [0, 0.1) is 0 Å². The molecular weight excluding hydrogens is 238 g/mol. The first kappa shape index (κ1) is 12.6. The molecule has 0 radical (unpaired) electrons. The molecule has 1 aromatic rings. The molecule has 2 heterocycles. The van der Waals surface area contributed by atoms with Crippen LogP contribution in [0.25, 0.3) is 0 Å². The molecule has 98 valence electrons. The Labute approximate surface area is 104 Å². The van der Waals surface area contributed by atoms with Crippen LogP contribution < -0.4 is 10.6 Å². The number of aliphatic hydroxyl groups excluding tert-OH is 1. The third-order valence-corrected chi connectivity index (χ3v) is 2.91. The number of morpholine rings is 1. The zero-order valence-corrected chi connectivity index (χ0v) is 9.74. The zero-order chi connectivity index (χ0) is 13.1. The average molecular weight is 253 g/mol. The lowest BCUT2D eigenvalue weighted by molar-refractivity contribution is 0.0697. The molecule has 0 bridgehead atoms. The Balaban J connectivity index is 2.37. The van der Waals surface area contributed by atoms with E-state index in [-0.39, 0.29) is 23.9 Å². The number of aromatic carboxylic acids is 1. The molecule has 0 saturated carbocycles. The molecule has 4 N–H and O–H groups in total. The first-order chi connectivity index (χ1) is 8.65. The summed E-state index contributed by atoms with van der Waals surface area (Å²) in [5, 5.41) is 18.3. The monoisotopic (exact) mass is 253 g/mol. The van der Waals surface area contributed by atoms with Crippen molar-refractivity contribution in [2.45, 2.75) is 6.04 Å². The standard InChI is InChI=1S/C11H15N3O4/c12-9-8(11(16)17)1-2-13-10(9)14-3-4-18-6-7(14)5-15/h1-2,7,15H,3-6,12H2,(H,16,17). The van der Waals surface area contributed by atoms with Crippen molar-refractivity contribution in [1.29, 1.82) is 0 Å². The molecule has 7 nitrogen and oxygen atoms in total. The second-order valence-corrected chi connectivity index (χ2v) is 4.01. The van der Waals surface area contributed by atoms with Gasteiger partial charge in [-0.25, -0.2) is 9.78 Å². The van der Waals surface area contributed by atoms with Gasteiger partial charge in [-0.05, 0) is 6.07 Å². The highest BCUT2D eigenvalue weighted by Gasteiger charge is 2.26. The van der Waals surface area contributed by atoms with E-state index in [0.717, 1.165) is 0 Å². The Morgan fingerprint density at radius 2 is 2.44 bits per heavy atom. The summed E-state index contributed by atoms with van der Waals surface area (Å²) in [6.07, 6.45) is 1.40. The maximum absolute atomic E-state index is 11.0. The van der Waals surface area contributed by atoms with Gasteiger partial charge in [0.1, 0.15) is 0 Å². The van der Waals surface area contributed by atoms with Gasteiger partial charge in [-0.15, -0.1) is 0 Å². The Bertz CT molecular complexity index is 452. The van der Waals surface area contributed by atoms with Crippen LogP contribution in [0.1, 0.15) is 10.4 Å². The Kier molecular flexibility index (Phi) is 3.63. The van der Waals surface area contributed by atoms with Gasteiger partial charge in [-0.2, -0.15) is 0 Å². The van der Waals surface area contributed by atoms with Gasteiger partial charge in [0.15, 0.2) is 5.82 Å². The van der Waals surface area contributed by atoms with Crippen LogP contribution in [0.5, 0.6) is 0 Å². The summed E-state index contributed by atoms with van der Waals surface area (Å²) in [6.45, 7) is 1.29. The average Bonchev–Trinajstić information content (AvgIpc) is 2.38. The fourth-order valence-electron chi connectivity index (χ4n) is 1.96. The molecule has 0 aromatic carbocycles. The molecule has 1 aromatic heterocycles. The Morgan fingerprint density at radius 3 is 3.11 bits per heavy atom. The van der Waals surface area contributed by atoms with Crippen LogP contribution in [-0.4, -0.2) is 53.6 Å². The lowest BCUT2D eigenvalue weighted by Gasteiger charge is -2.36. The van der Waals surface area contributed by atoms with Crippen molar-refractivity contribution in [2.24, 2.45) is 0 Å². The van der Waals surface area contributed by atoms with Crippen molar-refractivity contribution in [3.8, 4) is 0 Å². The van der Waals surface area contributed by atoms with Gasteiger partial charge in [0.2, 0.25) is 0 Å². The van der Waals surface area contributed by atoms with Crippen LogP contribution in [-0.2, 0) is 4.74 Å². The highest BCUT2D eigenvalue weighted by atomic mass is 16.5. The molecule has 1 unspecified atom stereocenters. The van der Waals surface area contributed by atoms with Crippen LogP contribution in [0.2, 0.25) is 0 Å². The first-order valence-electron chi connectivity index (χ1n) is 5.58. The molecule has 0 spiro atoms. The second kappa shape index (κ2) is 5.19. The largest absolute Gasteiger partial charge is 0.478 e. The zero-order valence-electron chi connectivity index (χ0n) is 9.74. The molecule has 7 heteroatoms. The highest BCUT2D eigenvalue weighted by molar-refractivity contribution is 5.96. The molecule has 1 atom stereocenters. The summed E-state index contributed by atoms with van der Waals surface area (Å²) in [4.78, 5) is 16.9. The Morgan fingerprint density at radius 1 is 1.67 bits per heavy atom. The van der Waals surface area contributed by atoms with Gasteiger partial charge >= 0.3 is 5.97 Å². The van der Waals surface area contributed by atoms with Crippen molar-refractivity contribution in [3.63, 3.8) is 0 Å². The van der Waals surface area contributed by atoms with Crippen molar-refractivity contribution >= 4 is 17.5 Å². The first-order valence-corrected chi connectivity index (χ1v) is 5.58. The summed E-state index contributed by atoms with van der Waals surface area (Å²) < 4.78 is 5.26. The number of carboxylic acid groups (broad SMARTS) is 1. The number of hydrogen-bond donors (Lipinski definition) is 3. The molecule has 0 amide bonds. The number of nitrogens with zero attached hydrogens (tertiary/aromatic N) is 2. The molecule has 1 aliphatic heterocycles. The number of aromatic nitrogens is 1. The number of aliphatic hydroxyl groups is 1. The highest BCUT2D eigenvalue weighted by Crippen LogP contribution is 2.26. The lowest BCUT2D eigenvalue weighted by Crippen LogP contribution is -2.48. The minimum Gasteiger partial charge on any atom is -0.478 e. The van der Waals surface area contributed by atoms with Crippen LogP contribution in [0.3, 0.4) is 0 Å². The number of carbonyl (C=O) groups is 1. The fourth-order valence-corrected chi connectivity index (χ4v) is 1.96. The van der Waals surface area contributed by atoms with E-state index < -0.39 is 5.97 Å². The van der Waals surface area contributed by atoms with Crippen molar-refractivity contribution in [3.05, 3.63) is 17.8 Å². The molecule has 1 fully saturated rings. The molecule has 0 aliphatic carbocycles. The number of nitrogen functional groups attached to an aromatic ring is 1. The minimum absolute atomic E-state index is 0.0168. The van der Waals surface area contributed by atoms with E-state index >= 15 is 0 Å². The SMILES string of the molecule is Nc1c(C(=O)O)ccnc1N1CCOCC1CO. The van der Waals surface area contributed by atoms with E-state index in [0.29, 0.717) is 25.6 Å². The van der Waals surface area contributed by atoms with E-state index in [1.807, 2.05) is 0 Å². The smallest absolute Gasteiger partial charge is 0.337 e. The van der Waals surface area contributed by atoms with Gasteiger partial charge in [0, 0.05) is 12.7 Å². The Hall–Kier alpha value is -1.86. The van der Waals surface area contributed by atoms with Crippen LogP contribution >= 0.6 is 0 Å². The lowest BCUT2D eigenvalue weighted by atomic mass is 10.1. The normalized spacial score (nSPS) is 19.8. The maximum Gasteiger partial charge on any atom is 0.337 e. The quantitative estimate of drug-likeness (QED) is 0.670. The molecule has 1 aliphatic rings. The van der Waals surface area contributed by atoms with E-state index in [9.17, 15) is 9.90 Å². The minimum atomic E-state index is -1.09. The number of pyridine rings is 1. The summed E-state index contributed by atoms with van der Waals surface area (Å²) in [7, 11) is 0. The van der Waals surface area contributed by atoms with Gasteiger partial charge in [0.25, 0.3) is 0 Å². The van der Waals surface area contributed by atoms with Crippen LogP contribution in [0.15, 0.2) is 12.3 Å². The predicted octanol–water partition coefficient (Wildman–Crippen LogP) is -0.441. The van der Waals surface area contributed by atoms with Gasteiger partial charge < -0.3 is 25.6 Å². The number of rotatable bonds is 3. The number of ether oxygens (including phenoxy) is 1. The van der Waals surface area contributed by atoms with Crippen molar-refractivity contribution < 1.29 is 19.7 Å². The fraction of sp³-hybridized carbons (Fsp3) is 0.455. The summed E-state index contributed by atoms with van der Waals surface area (Å²) in [5.74, 6) is -0.706. The van der Waals surface area contributed by atoms with Gasteiger partial charge in [-0.3, -0.25) is 0 Å². The third-order valence-electron chi connectivity index (χ3n) is 2.91. The molecule has 1 saturated heterocycles. The van der Waals surface area contributed by atoms with Crippen molar-refractivity contribution in [1.82, 2.24) is 4.98 Å². The van der Waals surface area contributed by atoms with E-state index in [1.165, 1.54) is 12.3 Å².